The van der Waals surface area contributed by atoms with Crippen molar-refractivity contribution in [2.24, 2.45) is 0 Å². The second kappa shape index (κ2) is 16.6. The van der Waals surface area contributed by atoms with E-state index in [4.69, 9.17) is 15.0 Å². The average Bonchev–Trinajstić information content (AvgIpc) is 3.03. The first-order chi connectivity index (χ1) is 25.8. The first-order valence-corrected chi connectivity index (χ1v) is 23.0. The van der Waals surface area contributed by atoms with E-state index >= 15 is 0 Å². The molecule has 9 heteroatoms. The standard InChI is InChI=1S/C48H69N3O3S3/c1-43(2,3)31-19-28(20-32(37(31)52)44(4,5)6)25-55-40-49-41(56-26-29-21-33(45(7,8)9)38(53)34(22-29)46(10,11)12)51-42(50-40)57-27-30-23-35(47(13,14)15)39(54)36(24-30)48(16,17)18/h19-24,52-54H,25-27H2,1-18H3. The van der Waals surface area contributed by atoms with Gasteiger partial charge in [0, 0.05) is 17.3 Å². The fourth-order valence-corrected chi connectivity index (χ4v) is 9.19. The molecule has 1 aromatic heterocycles. The van der Waals surface area contributed by atoms with E-state index in [0.717, 1.165) is 50.1 Å². The third kappa shape index (κ3) is 11.9. The lowest BCUT2D eigenvalue weighted by molar-refractivity contribution is 0.422. The maximum atomic E-state index is 11.4. The van der Waals surface area contributed by atoms with Crippen molar-refractivity contribution in [2.45, 2.75) is 190 Å². The summed E-state index contributed by atoms with van der Waals surface area (Å²) in [5, 5.41) is 36.0. The number of phenols is 3. The van der Waals surface area contributed by atoms with Gasteiger partial charge in [-0.1, -0.05) is 196 Å². The van der Waals surface area contributed by atoms with E-state index in [0.29, 0.717) is 50.0 Å². The van der Waals surface area contributed by atoms with Gasteiger partial charge in [-0.05, 0) is 82.6 Å². The van der Waals surface area contributed by atoms with E-state index in [2.05, 4.69) is 161 Å². The van der Waals surface area contributed by atoms with Crippen LogP contribution in [0.3, 0.4) is 0 Å². The summed E-state index contributed by atoms with van der Waals surface area (Å²) in [7, 11) is 0. The summed E-state index contributed by atoms with van der Waals surface area (Å²) in [5.41, 5.74) is 7.57. The predicted octanol–water partition coefficient (Wildman–Crippen LogP) is 13.7. The summed E-state index contributed by atoms with van der Waals surface area (Å²) in [6.07, 6.45) is 0. The third-order valence-electron chi connectivity index (χ3n) is 10.0. The second-order valence-corrected chi connectivity index (χ2v) is 24.5. The molecule has 0 atom stereocenters. The van der Waals surface area contributed by atoms with Crippen LogP contribution in [-0.2, 0) is 49.7 Å². The Morgan fingerprint density at radius 2 is 0.491 bits per heavy atom. The van der Waals surface area contributed by atoms with Crippen molar-refractivity contribution in [1.29, 1.82) is 0 Å². The molecule has 0 spiro atoms. The van der Waals surface area contributed by atoms with Crippen molar-refractivity contribution in [3.63, 3.8) is 0 Å². The van der Waals surface area contributed by atoms with Gasteiger partial charge in [0.15, 0.2) is 15.5 Å². The molecule has 312 valence electrons. The predicted molar refractivity (Wildman–Crippen MR) is 245 cm³/mol. The summed E-state index contributed by atoms with van der Waals surface area (Å²) in [4.78, 5) is 15.0. The lowest BCUT2D eigenvalue weighted by atomic mass is 9.78. The molecule has 0 aliphatic rings. The van der Waals surface area contributed by atoms with Gasteiger partial charge in [-0.2, -0.15) is 15.0 Å². The van der Waals surface area contributed by atoms with E-state index in [-0.39, 0.29) is 32.5 Å². The zero-order chi connectivity index (χ0) is 43.3. The monoisotopic (exact) mass is 831 g/mol. The Hall–Kier alpha value is -2.88. The van der Waals surface area contributed by atoms with Crippen molar-refractivity contribution in [2.75, 3.05) is 0 Å². The molecule has 0 amide bonds. The molecule has 0 radical (unpaired) electrons. The number of benzene rings is 3. The van der Waals surface area contributed by atoms with Gasteiger partial charge in [0.2, 0.25) is 0 Å². The molecule has 0 aliphatic carbocycles. The molecular weight excluding hydrogens is 763 g/mol. The Bertz CT molecular complexity index is 1730. The SMILES string of the molecule is CC(C)(C)c1cc(CSc2nc(SCc3cc(C(C)(C)C)c(O)c(C(C)(C)C)c3)nc(SCc3cc(C(C)(C)C)c(O)c(C(C)(C)C)c3)n2)cc(C(C)(C)C)c1O. The van der Waals surface area contributed by atoms with Crippen molar-refractivity contribution in [3.8, 4) is 17.2 Å². The number of aromatic nitrogens is 3. The number of hydrogen-bond donors (Lipinski definition) is 3. The third-order valence-corrected chi connectivity index (χ3v) is 12.8. The molecule has 4 aromatic rings. The van der Waals surface area contributed by atoms with Crippen LogP contribution >= 0.6 is 35.3 Å². The summed E-state index contributed by atoms with van der Waals surface area (Å²) in [6, 6.07) is 12.7. The van der Waals surface area contributed by atoms with E-state index in [9.17, 15) is 15.3 Å². The Balaban J connectivity index is 1.77. The van der Waals surface area contributed by atoms with E-state index < -0.39 is 0 Å². The Labute approximate surface area is 357 Å². The largest absolute Gasteiger partial charge is 0.507 e. The van der Waals surface area contributed by atoms with Gasteiger partial charge in [-0.15, -0.1) is 0 Å². The average molecular weight is 832 g/mol. The van der Waals surface area contributed by atoms with Gasteiger partial charge in [0.25, 0.3) is 0 Å². The number of thioether (sulfide) groups is 3. The number of hydrogen-bond acceptors (Lipinski definition) is 9. The summed E-state index contributed by atoms with van der Waals surface area (Å²) in [6.45, 7) is 38.4. The first-order valence-electron chi connectivity index (χ1n) is 20.0. The van der Waals surface area contributed by atoms with E-state index in [1.54, 1.807) is 35.3 Å². The molecule has 0 unspecified atom stereocenters. The lowest BCUT2D eigenvalue weighted by Gasteiger charge is -2.28. The van der Waals surface area contributed by atoms with Gasteiger partial charge >= 0.3 is 0 Å². The van der Waals surface area contributed by atoms with Crippen LogP contribution in [-0.4, -0.2) is 30.3 Å². The minimum Gasteiger partial charge on any atom is -0.507 e. The molecule has 57 heavy (non-hydrogen) atoms. The number of aromatic hydroxyl groups is 3. The molecule has 3 aromatic carbocycles. The Morgan fingerprint density at radius 1 is 0.333 bits per heavy atom. The van der Waals surface area contributed by atoms with Crippen LogP contribution in [0, 0.1) is 0 Å². The molecule has 0 fully saturated rings. The second-order valence-electron chi connectivity index (χ2n) is 21.7. The summed E-state index contributed by atoms with van der Waals surface area (Å²) in [5.74, 6) is 3.02. The maximum Gasteiger partial charge on any atom is 0.192 e. The van der Waals surface area contributed by atoms with Crippen LogP contribution < -0.4 is 0 Å². The topological polar surface area (TPSA) is 99.4 Å². The van der Waals surface area contributed by atoms with Crippen LogP contribution in [0.1, 0.15) is 175 Å². The van der Waals surface area contributed by atoms with Crippen molar-refractivity contribution in [1.82, 2.24) is 15.0 Å². The lowest BCUT2D eigenvalue weighted by Crippen LogP contribution is -2.17. The number of phenolic OH excluding ortho intramolecular Hbond substituents is 3. The quantitative estimate of drug-likeness (QED) is 0.142. The minimum atomic E-state index is -0.229. The molecule has 0 saturated carbocycles. The first kappa shape index (κ1) is 46.8. The minimum absolute atomic E-state index is 0.229. The Morgan fingerprint density at radius 3 is 0.632 bits per heavy atom. The smallest absolute Gasteiger partial charge is 0.192 e. The maximum absolute atomic E-state index is 11.4. The van der Waals surface area contributed by atoms with E-state index in [1.807, 2.05) is 0 Å². The molecule has 6 nitrogen and oxygen atoms in total. The van der Waals surface area contributed by atoms with Crippen LogP contribution in [0.4, 0.5) is 0 Å². The number of rotatable bonds is 9. The van der Waals surface area contributed by atoms with Gasteiger partial charge in [0.05, 0.1) is 0 Å². The van der Waals surface area contributed by atoms with Crippen LogP contribution in [0.5, 0.6) is 17.2 Å². The van der Waals surface area contributed by atoms with Crippen molar-refractivity contribution >= 4 is 35.3 Å². The molecule has 0 saturated heterocycles. The Kier molecular flexibility index (Phi) is 13.7. The van der Waals surface area contributed by atoms with Crippen LogP contribution in [0.15, 0.2) is 51.9 Å². The van der Waals surface area contributed by atoms with Gasteiger partial charge in [0.1, 0.15) is 17.2 Å². The molecule has 0 bridgehead atoms. The van der Waals surface area contributed by atoms with Gasteiger partial charge in [-0.25, -0.2) is 0 Å². The zero-order valence-electron chi connectivity index (χ0n) is 38.0. The fourth-order valence-electron chi connectivity index (χ4n) is 6.72. The zero-order valence-corrected chi connectivity index (χ0v) is 40.4. The van der Waals surface area contributed by atoms with Gasteiger partial charge < -0.3 is 15.3 Å². The van der Waals surface area contributed by atoms with E-state index in [1.165, 1.54) is 0 Å². The van der Waals surface area contributed by atoms with Crippen molar-refractivity contribution < 1.29 is 15.3 Å². The van der Waals surface area contributed by atoms with Gasteiger partial charge in [-0.3, -0.25) is 0 Å². The molecule has 1 heterocycles. The molecular formula is C48H69N3O3S3. The highest BCUT2D eigenvalue weighted by atomic mass is 32.2. The van der Waals surface area contributed by atoms with Crippen molar-refractivity contribution in [3.05, 3.63) is 86.5 Å². The fraction of sp³-hybridized carbons (Fsp3) is 0.562. The molecule has 4 rings (SSSR count). The van der Waals surface area contributed by atoms with Crippen LogP contribution in [0.2, 0.25) is 0 Å². The normalized spacial score (nSPS) is 13.4. The number of nitrogens with zero attached hydrogens (tertiary/aromatic N) is 3. The summed E-state index contributed by atoms with van der Waals surface area (Å²) < 4.78 is 0. The highest BCUT2D eigenvalue weighted by Crippen LogP contribution is 2.44. The molecule has 3 N–H and O–H groups in total. The van der Waals surface area contributed by atoms with Crippen LogP contribution in [0.25, 0.3) is 0 Å². The highest BCUT2D eigenvalue weighted by Gasteiger charge is 2.30. The molecule has 0 aliphatic heterocycles. The summed E-state index contributed by atoms with van der Waals surface area (Å²) >= 11 is 4.74. The highest BCUT2D eigenvalue weighted by molar-refractivity contribution is 7.99.